The van der Waals surface area contributed by atoms with E-state index < -0.39 is 10.0 Å². The van der Waals surface area contributed by atoms with Gasteiger partial charge in [-0.1, -0.05) is 24.6 Å². The monoisotopic (exact) mass is 346 g/mol. The van der Waals surface area contributed by atoms with Gasteiger partial charge in [0.15, 0.2) is 0 Å². The molecule has 1 N–H and O–H groups in total. The van der Waals surface area contributed by atoms with E-state index in [0.717, 1.165) is 22.5 Å². The highest BCUT2D eigenvalue weighted by molar-refractivity contribution is 7.92. The lowest BCUT2D eigenvalue weighted by Gasteiger charge is -2.28. The van der Waals surface area contributed by atoms with E-state index in [1.54, 1.807) is 25.1 Å². The van der Waals surface area contributed by atoms with Crippen molar-refractivity contribution in [2.24, 2.45) is 0 Å². The molecule has 0 atom stereocenters. The molecule has 1 rings (SSSR count). The Kier molecular flexibility index (Phi) is 5.87. The summed E-state index contributed by atoms with van der Waals surface area (Å²) >= 11 is 5.95. The molecular weight excluding hydrogens is 324 g/mol. The van der Waals surface area contributed by atoms with Crippen molar-refractivity contribution in [2.75, 3.05) is 17.1 Å². The van der Waals surface area contributed by atoms with Gasteiger partial charge in [-0.2, -0.15) is 0 Å². The summed E-state index contributed by atoms with van der Waals surface area (Å²) in [5.41, 5.74) is 0.765. The molecular formula is C15H23ClN2O3S. The Morgan fingerprint density at radius 2 is 1.95 bits per heavy atom. The van der Waals surface area contributed by atoms with Gasteiger partial charge in [0.25, 0.3) is 0 Å². The molecule has 0 unspecified atom stereocenters. The van der Waals surface area contributed by atoms with E-state index in [9.17, 15) is 13.2 Å². The largest absolute Gasteiger partial charge is 0.350 e. The molecule has 0 aliphatic rings. The number of carbonyl (C=O) groups excluding carboxylic acids is 1. The van der Waals surface area contributed by atoms with Gasteiger partial charge in [-0.3, -0.25) is 9.10 Å². The Bertz CT molecular complexity index is 657. The number of nitrogens with zero attached hydrogens (tertiary/aromatic N) is 1. The van der Waals surface area contributed by atoms with E-state index in [4.69, 9.17) is 11.6 Å². The zero-order valence-corrected chi connectivity index (χ0v) is 15.2. The molecule has 5 nitrogen and oxygen atoms in total. The summed E-state index contributed by atoms with van der Waals surface area (Å²) in [6.07, 6.45) is 1.82. The van der Waals surface area contributed by atoms with Crippen LogP contribution in [0.5, 0.6) is 0 Å². The average Bonchev–Trinajstić information content (AvgIpc) is 2.37. The minimum Gasteiger partial charge on any atom is -0.350 e. The Morgan fingerprint density at radius 3 is 2.45 bits per heavy atom. The van der Waals surface area contributed by atoms with Crippen LogP contribution in [0.4, 0.5) is 5.69 Å². The molecule has 0 aliphatic carbocycles. The van der Waals surface area contributed by atoms with Crippen LogP contribution in [0.3, 0.4) is 0 Å². The summed E-state index contributed by atoms with van der Waals surface area (Å²) in [6, 6.07) is 4.96. The number of carbonyl (C=O) groups is 1. The number of hydrogen-bond donors (Lipinski definition) is 1. The van der Waals surface area contributed by atoms with Crippen LogP contribution in [0.2, 0.25) is 5.02 Å². The zero-order chi connectivity index (χ0) is 17.1. The van der Waals surface area contributed by atoms with Crippen molar-refractivity contribution in [3.8, 4) is 0 Å². The van der Waals surface area contributed by atoms with E-state index in [2.05, 4.69) is 5.32 Å². The van der Waals surface area contributed by atoms with Crippen LogP contribution in [0.1, 0.15) is 32.8 Å². The third-order valence-electron chi connectivity index (χ3n) is 3.49. The lowest BCUT2D eigenvalue weighted by Crippen LogP contribution is -2.48. The number of amides is 1. The molecule has 124 valence electrons. The summed E-state index contributed by atoms with van der Waals surface area (Å²) < 4.78 is 25.2. The molecule has 0 saturated carbocycles. The highest BCUT2D eigenvalue weighted by Crippen LogP contribution is 2.26. The molecule has 0 aliphatic heterocycles. The molecule has 1 aromatic carbocycles. The minimum absolute atomic E-state index is 0.274. The first-order chi connectivity index (χ1) is 9.96. The Morgan fingerprint density at radius 1 is 1.36 bits per heavy atom. The lowest BCUT2D eigenvalue weighted by molar-refractivity contribution is -0.121. The van der Waals surface area contributed by atoms with Crippen molar-refractivity contribution >= 4 is 33.2 Å². The maximum Gasteiger partial charge on any atom is 0.241 e. The first kappa shape index (κ1) is 18.8. The molecule has 0 spiro atoms. The summed E-state index contributed by atoms with van der Waals surface area (Å²) in [4.78, 5) is 12.2. The predicted octanol–water partition coefficient (Wildman–Crippen LogP) is 2.72. The van der Waals surface area contributed by atoms with Crippen molar-refractivity contribution in [3.63, 3.8) is 0 Å². The second-order valence-electron chi connectivity index (χ2n) is 5.99. The van der Waals surface area contributed by atoms with Gasteiger partial charge in [-0.15, -0.1) is 0 Å². The number of nitrogens with one attached hydrogen (secondary N) is 1. The summed E-state index contributed by atoms with van der Waals surface area (Å²) in [7, 11) is -3.60. The Balaban J connectivity index is 3.11. The molecule has 1 amide bonds. The molecule has 0 saturated heterocycles. The van der Waals surface area contributed by atoms with Gasteiger partial charge < -0.3 is 5.32 Å². The SMILES string of the molecule is CCC(C)(C)NC(=O)CN(c1cc(Cl)ccc1C)S(C)(=O)=O. The number of benzene rings is 1. The fourth-order valence-electron chi connectivity index (χ4n) is 1.87. The van der Waals surface area contributed by atoms with Gasteiger partial charge in [0.05, 0.1) is 11.9 Å². The fraction of sp³-hybridized carbons (Fsp3) is 0.533. The third kappa shape index (κ3) is 5.18. The highest BCUT2D eigenvalue weighted by atomic mass is 35.5. The van der Waals surface area contributed by atoms with E-state index in [1.807, 2.05) is 20.8 Å². The van der Waals surface area contributed by atoms with Crippen molar-refractivity contribution in [3.05, 3.63) is 28.8 Å². The standard InChI is InChI=1S/C15H23ClN2O3S/c1-6-15(3,4)17-14(19)10-18(22(5,20)21)13-9-12(16)8-7-11(13)2/h7-9H,6,10H2,1-5H3,(H,17,19). The molecule has 22 heavy (non-hydrogen) atoms. The van der Waals surface area contributed by atoms with E-state index in [0.29, 0.717) is 10.7 Å². The minimum atomic E-state index is -3.60. The van der Waals surface area contributed by atoms with Gasteiger partial charge >= 0.3 is 0 Å². The number of anilines is 1. The van der Waals surface area contributed by atoms with E-state index in [-0.39, 0.29) is 18.0 Å². The maximum atomic E-state index is 12.2. The smallest absolute Gasteiger partial charge is 0.241 e. The number of aryl methyl sites for hydroxylation is 1. The van der Waals surface area contributed by atoms with Crippen molar-refractivity contribution < 1.29 is 13.2 Å². The first-order valence-electron chi connectivity index (χ1n) is 7.01. The van der Waals surface area contributed by atoms with Crippen molar-refractivity contribution in [1.29, 1.82) is 0 Å². The summed E-state index contributed by atoms with van der Waals surface area (Å²) in [6.45, 7) is 7.23. The molecule has 0 heterocycles. The van der Waals surface area contributed by atoms with Crippen LogP contribution in [0.15, 0.2) is 18.2 Å². The Labute approximate surface area is 137 Å². The number of sulfonamides is 1. The summed E-state index contributed by atoms with van der Waals surface area (Å²) in [5, 5.41) is 3.25. The van der Waals surface area contributed by atoms with Crippen LogP contribution in [-0.2, 0) is 14.8 Å². The average molecular weight is 347 g/mol. The molecule has 1 aromatic rings. The predicted molar refractivity (Wildman–Crippen MR) is 90.9 cm³/mol. The van der Waals surface area contributed by atoms with Crippen LogP contribution in [-0.4, -0.2) is 32.7 Å². The van der Waals surface area contributed by atoms with E-state index >= 15 is 0 Å². The zero-order valence-electron chi connectivity index (χ0n) is 13.6. The van der Waals surface area contributed by atoms with Crippen LogP contribution >= 0.6 is 11.6 Å². The number of halogens is 1. The van der Waals surface area contributed by atoms with Crippen LogP contribution < -0.4 is 9.62 Å². The maximum absolute atomic E-state index is 12.2. The van der Waals surface area contributed by atoms with Gasteiger partial charge in [0, 0.05) is 10.6 Å². The quantitative estimate of drug-likeness (QED) is 0.861. The fourth-order valence-corrected chi connectivity index (χ4v) is 2.94. The van der Waals surface area contributed by atoms with E-state index in [1.165, 1.54) is 0 Å². The van der Waals surface area contributed by atoms with Gasteiger partial charge in [-0.05, 0) is 44.9 Å². The Hall–Kier alpha value is -1.27. The summed E-state index contributed by atoms with van der Waals surface area (Å²) in [5.74, 6) is -0.350. The first-order valence-corrected chi connectivity index (χ1v) is 9.24. The highest BCUT2D eigenvalue weighted by Gasteiger charge is 2.25. The molecule has 0 fully saturated rings. The molecule has 7 heteroatoms. The van der Waals surface area contributed by atoms with Gasteiger partial charge in [-0.25, -0.2) is 8.42 Å². The van der Waals surface area contributed by atoms with Gasteiger partial charge in [0.1, 0.15) is 6.54 Å². The van der Waals surface area contributed by atoms with Gasteiger partial charge in [0.2, 0.25) is 15.9 Å². The van der Waals surface area contributed by atoms with Crippen molar-refractivity contribution in [2.45, 2.75) is 39.7 Å². The number of hydrogen-bond acceptors (Lipinski definition) is 3. The number of rotatable bonds is 6. The topological polar surface area (TPSA) is 66.5 Å². The van der Waals surface area contributed by atoms with Crippen molar-refractivity contribution in [1.82, 2.24) is 5.32 Å². The van der Waals surface area contributed by atoms with Crippen LogP contribution in [0, 0.1) is 6.92 Å². The van der Waals surface area contributed by atoms with Crippen LogP contribution in [0.25, 0.3) is 0 Å². The molecule has 0 aromatic heterocycles. The second-order valence-corrected chi connectivity index (χ2v) is 8.33. The normalized spacial score (nSPS) is 12.1. The molecule has 0 radical (unpaired) electrons. The molecule has 0 bridgehead atoms. The second kappa shape index (κ2) is 6.87. The lowest BCUT2D eigenvalue weighted by atomic mass is 10.0. The third-order valence-corrected chi connectivity index (χ3v) is 4.85.